The number of oxazole rings is 1. The molecule has 4 rings (SSSR count). The molecule has 7 heteroatoms. The summed E-state index contributed by atoms with van der Waals surface area (Å²) in [6, 6.07) is 20.2. The Bertz CT molecular complexity index is 1090. The Hall–Kier alpha value is -3.06. The van der Waals surface area contributed by atoms with Crippen LogP contribution in [-0.2, 0) is 4.74 Å². The zero-order valence-electron chi connectivity index (χ0n) is 16.1. The van der Waals surface area contributed by atoms with E-state index in [0.29, 0.717) is 47.8 Å². The molecular weight excluding hydrogens is 406 g/mol. The van der Waals surface area contributed by atoms with Crippen molar-refractivity contribution in [3.63, 3.8) is 0 Å². The second-order valence-electron chi connectivity index (χ2n) is 6.41. The van der Waals surface area contributed by atoms with E-state index in [1.807, 2.05) is 42.5 Å². The zero-order valence-corrected chi connectivity index (χ0v) is 16.8. The van der Waals surface area contributed by atoms with Crippen LogP contribution in [-0.4, -0.2) is 36.5 Å². The first-order valence-corrected chi connectivity index (χ1v) is 9.85. The van der Waals surface area contributed by atoms with Crippen LogP contribution in [0.2, 0.25) is 5.02 Å². The molecule has 0 saturated carbocycles. The highest BCUT2D eigenvalue weighted by Gasteiger charge is 2.10. The fourth-order valence-corrected chi connectivity index (χ4v) is 2.94. The number of hydrogen-bond acceptors (Lipinski definition) is 6. The molecule has 3 aromatic carbocycles. The van der Waals surface area contributed by atoms with E-state index >= 15 is 0 Å². The Balaban J connectivity index is 1.43. The number of rotatable bonds is 9. The second-order valence-corrected chi connectivity index (χ2v) is 6.85. The standard InChI is InChI=1S/C23H20ClNO5/c24-17-3-7-19(8-4-17)29-20-9-10-21-22(15-20)30-23(25-21)16-1-5-18(6-2-16)28-14-13-27-12-11-26/h1-10,15,26H,11-14H2. The van der Waals surface area contributed by atoms with E-state index in [1.54, 1.807) is 24.3 Å². The SMILES string of the molecule is OCCOCCOc1ccc(-c2nc3ccc(Oc4ccc(Cl)cc4)cc3o2)cc1. The Morgan fingerprint density at radius 3 is 2.33 bits per heavy atom. The van der Waals surface area contributed by atoms with Crippen LogP contribution in [0.5, 0.6) is 17.2 Å². The average molecular weight is 426 g/mol. The van der Waals surface area contributed by atoms with E-state index in [-0.39, 0.29) is 6.61 Å². The first-order valence-electron chi connectivity index (χ1n) is 9.47. The molecule has 0 aliphatic rings. The molecule has 1 heterocycles. The van der Waals surface area contributed by atoms with E-state index < -0.39 is 0 Å². The first-order chi connectivity index (χ1) is 14.7. The molecule has 0 unspecified atom stereocenters. The molecule has 0 aliphatic heterocycles. The number of aliphatic hydroxyl groups is 1. The molecule has 154 valence electrons. The van der Waals surface area contributed by atoms with E-state index in [0.717, 1.165) is 16.8 Å². The van der Waals surface area contributed by atoms with Crippen molar-refractivity contribution >= 4 is 22.7 Å². The summed E-state index contributed by atoms with van der Waals surface area (Å²) in [5, 5.41) is 9.33. The molecule has 0 saturated heterocycles. The van der Waals surface area contributed by atoms with Crippen molar-refractivity contribution in [2.75, 3.05) is 26.4 Å². The monoisotopic (exact) mass is 425 g/mol. The summed E-state index contributed by atoms with van der Waals surface area (Å²) in [6.07, 6.45) is 0. The third-order valence-electron chi connectivity index (χ3n) is 4.24. The third kappa shape index (κ3) is 5.10. The molecule has 0 atom stereocenters. The van der Waals surface area contributed by atoms with Crippen molar-refractivity contribution in [2.24, 2.45) is 0 Å². The summed E-state index contributed by atoms with van der Waals surface area (Å²) in [6.45, 7) is 1.16. The maximum absolute atomic E-state index is 8.67. The van der Waals surface area contributed by atoms with Crippen molar-refractivity contribution in [1.82, 2.24) is 4.98 Å². The minimum atomic E-state index is 0.00788. The van der Waals surface area contributed by atoms with Gasteiger partial charge < -0.3 is 23.7 Å². The van der Waals surface area contributed by atoms with Gasteiger partial charge in [0.1, 0.15) is 29.4 Å². The maximum Gasteiger partial charge on any atom is 0.227 e. The van der Waals surface area contributed by atoms with Crippen molar-refractivity contribution in [3.8, 4) is 28.7 Å². The Morgan fingerprint density at radius 1 is 0.833 bits per heavy atom. The summed E-state index contributed by atoms with van der Waals surface area (Å²) < 4.78 is 22.5. The summed E-state index contributed by atoms with van der Waals surface area (Å²) in [7, 11) is 0. The van der Waals surface area contributed by atoms with Crippen molar-refractivity contribution in [2.45, 2.75) is 0 Å². The molecule has 4 aromatic rings. The van der Waals surface area contributed by atoms with Crippen LogP contribution in [0.4, 0.5) is 0 Å². The van der Waals surface area contributed by atoms with Crippen LogP contribution in [0.1, 0.15) is 0 Å². The summed E-state index contributed by atoms with van der Waals surface area (Å²) in [5.74, 6) is 2.59. The van der Waals surface area contributed by atoms with Crippen molar-refractivity contribution in [1.29, 1.82) is 0 Å². The van der Waals surface area contributed by atoms with E-state index in [2.05, 4.69) is 4.98 Å². The summed E-state index contributed by atoms with van der Waals surface area (Å²) in [4.78, 5) is 4.54. The van der Waals surface area contributed by atoms with E-state index in [1.165, 1.54) is 0 Å². The topological polar surface area (TPSA) is 74.0 Å². The Kier molecular flexibility index (Phi) is 6.49. The van der Waals surface area contributed by atoms with Crippen LogP contribution in [0, 0.1) is 0 Å². The van der Waals surface area contributed by atoms with Gasteiger partial charge in [-0.3, -0.25) is 0 Å². The average Bonchev–Trinajstić information content (AvgIpc) is 3.19. The van der Waals surface area contributed by atoms with Gasteiger partial charge in [0.15, 0.2) is 5.58 Å². The second kappa shape index (κ2) is 9.63. The molecule has 0 radical (unpaired) electrons. The maximum atomic E-state index is 8.67. The number of benzene rings is 3. The van der Waals surface area contributed by atoms with Gasteiger partial charge in [0.2, 0.25) is 5.89 Å². The third-order valence-corrected chi connectivity index (χ3v) is 4.49. The van der Waals surface area contributed by atoms with Gasteiger partial charge in [-0.1, -0.05) is 11.6 Å². The fraction of sp³-hybridized carbons (Fsp3) is 0.174. The van der Waals surface area contributed by atoms with Crippen LogP contribution in [0.3, 0.4) is 0 Å². The number of fused-ring (bicyclic) bond motifs is 1. The molecule has 30 heavy (non-hydrogen) atoms. The van der Waals surface area contributed by atoms with Crippen molar-refractivity contribution < 1.29 is 23.7 Å². The summed E-state index contributed by atoms with van der Waals surface area (Å²) >= 11 is 5.91. The fourth-order valence-electron chi connectivity index (χ4n) is 2.81. The highest BCUT2D eigenvalue weighted by atomic mass is 35.5. The van der Waals surface area contributed by atoms with Gasteiger partial charge in [0, 0.05) is 16.7 Å². The predicted octanol–water partition coefficient (Wildman–Crippen LogP) is 5.33. The van der Waals surface area contributed by atoms with E-state index in [4.69, 9.17) is 35.3 Å². The van der Waals surface area contributed by atoms with Crippen molar-refractivity contribution in [3.05, 3.63) is 71.8 Å². The van der Waals surface area contributed by atoms with Crippen LogP contribution in [0.25, 0.3) is 22.6 Å². The molecule has 0 bridgehead atoms. The Labute approximate surface area is 178 Å². The minimum Gasteiger partial charge on any atom is -0.491 e. The van der Waals surface area contributed by atoms with Gasteiger partial charge in [0.05, 0.1) is 19.8 Å². The molecule has 0 amide bonds. The number of nitrogens with zero attached hydrogens (tertiary/aromatic N) is 1. The largest absolute Gasteiger partial charge is 0.491 e. The number of halogens is 1. The lowest BCUT2D eigenvalue weighted by molar-refractivity contribution is 0.0705. The Morgan fingerprint density at radius 2 is 1.57 bits per heavy atom. The smallest absolute Gasteiger partial charge is 0.227 e. The first kappa shape index (κ1) is 20.2. The van der Waals surface area contributed by atoms with Gasteiger partial charge in [0.25, 0.3) is 0 Å². The minimum absolute atomic E-state index is 0.00788. The normalized spacial score (nSPS) is 11.0. The van der Waals surface area contributed by atoms with Gasteiger partial charge >= 0.3 is 0 Å². The summed E-state index contributed by atoms with van der Waals surface area (Å²) in [5.41, 5.74) is 2.22. The number of aliphatic hydroxyl groups excluding tert-OH is 1. The van der Waals surface area contributed by atoms with Crippen LogP contribution >= 0.6 is 11.6 Å². The van der Waals surface area contributed by atoms with Gasteiger partial charge in [-0.15, -0.1) is 0 Å². The van der Waals surface area contributed by atoms with Gasteiger partial charge in [-0.25, -0.2) is 4.98 Å². The lowest BCUT2D eigenvalue weighted by atomic mass is 10.2. The lowest BCUT2D eigenvalue weighted by Gasteiger charge is -2.06. The van der Waals surface area contributed by atoms with Gasteiger partial charge in [-0.05, 0) is 60.7 Å². The predicted molar refractivity (Wildman–Crippen MR) is 114 cm³/mol. The number of hydrogen-bond donors (Lipinski definition) is 1. The van der Waals surface area contributed by atoms with Gasteiger partial charge in [-0.2, -0.15) is 0 Å². The molecule has 6 nitrogen and oxygen atoms in total. The molecule has 1 N–H and O–H groups in total. The highest BCUT2D eigenvalue weighted by molar-refractivity contribution is 6.30. The molecule has 0 fully saturated rings. The molecular formula is C23H20ClNO5. The van der Waals surface area contributed by atoms with Crippen LogP contribution in [0.15, 0.2) is 71.1 Å². The number of ether oxygens (including phenoxy) is 3. The quantitative estimate of drug-likeness (QED) is 0.365. The molecule has 0 spiro atoms. The number of aromatic nitrogens is 1. The zero-order chi connectivity index (χ0) is 20.8. The highest BCUT2D eigenvalue weighted by Crippen LogP contribution is 2.30. The lowest BCUT2D eigenvalue weighted by Crippen LogP contribution is -2.08. The molecule has 0 aliphatic carbocycles. The molecule has 1 aromatic heterocycles. The van der Waals surface area contributed by atoms with E-state index in [9.17, 15) is 0 Å². The van der Waals surface area contributed by atoms with Crippen LogP contribution < -0.4 is 9.47 Å².